The summed E-state index contributed by atoms with van der Waals surface area (Å²) in [7, 11) is 0. The molecule has 29 heavy (non-hydrogen) atoms. The van der Waals surface area contributed by atoms with Gasteiger partial charge < -0.3 is 11.1 Å². The lowest BCUT2D eigenvalue weighted by Crippen LogP contribution is -2.35. The standard InChI is InChI=1S/C21H20ClFN4O2/c1-11(8-17(25)28)27-20(13-3-4-13)14-5-6-15(22)18(19(14)23)21(29)16-7-2-12(9-24)10-26-16/h2,5-7,10-11,13,20,27H,3-4,8H2,1H3,(H2,25,28)/t11-,20+/m0/s1. The predicted molar refractivity (Wildman–Crippen MR) is 106 cm³/mol. The van der Waals surface area contributed by atoms with Gasteiger partial charge in [0, 0.05) is 30.3 Å². The van der Waals surface area contributed by atoms with E-state index in [1.54, 1.807) is 13.0 Å². The molecule has 1 aliphatic carbocycles. The number of hydrogen-bond acceptors (Lipinski definition) is 5. The third-order valence-corrected chi connectivity index (χ3v) is 5.19. The molecule has 0 saturated heterocycles. The van der Waals surface area contributed by atoms with E-state index in [1.165, 1.54) is 24.4 Å². The molecule has 0 radical (unpaired) electrons. The number of nitrogens with zero attached hydrogens (tertiary/aromatic N) is 2. The number of ketones is 1. The Morgan fingerprint density at radius 3 is 2.66 bits per heavy atom. The first-order valence-corrected chi connectivity index (χ1v) is 9.62. The van der Waals surface area contributed by atoms with Crippen molar-refractivity contribution in [3.8, 4) is 6.07 Å². The molecule has 1 aromatic carbocycles. The molecular weight excluding hydrogens is 395 g/mol. The van der Waals surface area contributed by atoms with E-state index in [9.17, 15) is 9.59 Å². The maximum Gasteiger partial charge on any atom is 0.218 e. The van der Waals surface area contributed by atoms with Crippen molar-refractivity contribution in [1.82, 2.24) is 10.3 Å². The molecule has 1 heterocycles. The van der Waals surface area contributed by atoms with Crippen molar-refractivity contribution in [3.05, 3.63) is 63.7 Å². The number of nitrogens with one attached hydrogen (secondary N) is 1. The van der Waals surface area contributed by atoms with Crippen LogP contribution in [0.3, 0.4) is 0 Å². The normalized spacial score (nSPS) is 15.4. The Hall–Kier alpha value is -2.82. The Bertz CT molecular complexity index is 983. The monoisotopic (exact) mass is 414 g/mol. The number of nitriles is 1. The maximum atomic E-state index is 15.4. The van der Waals surface area contributed by atoms with Crippen molar-refractivity contribution < 1.29 is 14.0 Å². The van der Waals surface area contributed by atoms with Crippen LogP contribution in [-0.2, 0) is 4.79 Å². The van der Waals surface area contributed by atoms with Crippen LogP contribution in [0.5, 0.6) is 0 Å². The first-order chi connectivity index (χ1) is 13.8. The van der Waals surface area contributed by atoms with Crippen LogP contribution in [0.2, 0.25) is 5.02 Å². The molecule has 1 amide bonds. The molecule has 2 aromatic rings. The van der Waals surface area contributed by atoms with E-state index >= 15 is 4.39 Å². The van der Waals surface area contributed by atoms with Crippen molar-refractivity contribution in [2.45, 2.75) is 38.3 Å². The zero-order valence-electron chi connectivity index (χ0n) is 15.8. The molecule has 6 nitrogen and oxygen atoms in total. The molecule has 1 aliphatic rings. The summed E-state index contributed by atoms with van der Waals surface area (Å²) in [6.45, 7) is 1.81. The number of benzene rings is 1. The van der Waals surface area contributed by atoms with Crippen LogP contribution in [0.1, 0.15) is 59.4 Å². The smallest absolute Gasteiger partial charge is 0.218 e. The van der Waals surface area contributed by atoms with E-state index in [-0.39, 0.29) is 40.7 Å². The lowest BCUT2D eigenvalue weighted by Gasteiger charge is -2.24. The number of rotatable bonds is 8. The van der Waals surface area contributed by atoms with Crippen LogP contribution in [-0.4, -0.2) is 22.7 Å². The number of halogens is 2. The molecule has 0 unspecified atom stereocenters. The van der Waals surface area contributed by atoms with Crippen molar-refractivity contribution >= 4 is 23.3 Å². The van der Waals surface area contributed by atoms with Crippen molar-refractivity contribution in [3.63, 3.8) is 0 Å². The average Bonchev–Trinajstić information content (AvgIpc) is 3.51. The summed E-state index contributed by atoms with van der Waals surface area (Å²) in [6.07, 6.45) is 3.22. The summed E-state index contributed by atoms with van der Waals surface area (Å²) in [5, 5.41) is 12.1. The lowest BCUT2D eigenvalue weighted by atomic mass is 9.95. The van der Waals surface area contributed by atoms with Gasteiger partial charge in [-0.1, -0.05) is 17.7 Å². The molecular formula is C21H20ClFN4O2. The van der Waals surface area contributed by atoms with Crippen LogP contribution in [0.15, 0.2) is 30.5 Å². The summed E-state index contributed by atoms with van der Waals surface area (Å²) >= 11 is 6.16. The highest BCUT2D eigenvalue weighted by atomic mass is 35.5. The number of pyridine rings is 1. The van der Waals surface area contributed by atoms with Crippen LogP contribution in [0.25, 0.3) is 0 Å². The zero-order chi connectivity index (χ0) is 21.1. The maximum absolute atomic E-state index is 15.4. The fraction of sp³-hybridized carbons (Fsp3) is 0.333. The largest absolute Gasteiger partial charge is 0.370 e. The molecule has 3 rings (SSSR count). The summed E-state index contributed by atoms with van der Waals surface area (Å²) < 4.78 is 15.4. The van der Waals surface area contributed by atoms with E-state index in [1.807, 2.05) is 6.07 Å². The number of amides is 1. The van der Waals surface area contributed by atoms with E-state index in [0.29, 0.717) is 11.1 Å². The highest BCUT2D eigenvalue weighted by Crippen LogP contribution is 2.43. The third-order valence-electron chi connectivity index (χ3n) is 4.87. The molecule has 150 valence electrons. The zero-order valence-corrected chi connectivity index (χ0v) is 16.5. The molecule has 1 saturated carbocycles. The second-order valence-electron chi connectivity index (χ2n) is 7.25. The van der Waals surface area contributed by atoms with Gasteiger partial charge in [0.2, 0.25) is 11.7 Å². The van der Waals surface area contributed by atoms with Crippen LogP contribution in [0.4, 0.5) is 4.39 Å². The van der Waals surface area contributed by atoms with Gasteiger partial charge in [0.1, 0.15) is 17.6 Å². The molecule has 3 N–H and O–H groups in total. The molecule has 0 bridgehead atoms. The molecule has 0 aliphatic heterocycles. The molecule has 1 fully saturated rings. The highest BCUT2D eigenvalue weighted by molar-refractivity contribution is 6.35. The van der Waals surface area contributed by atoms with Crippen molar-refractivity contribution in [2.75, 3.05) is 0 Å². The predicted octanol–water partition coefficient (Wildman–Crippen LogP) is 3.28. The van der Waals surface area contributed by atoms with E-state index in [4.69, 9.17) is 22.6 Å². The average molecular weight is 415 g/mol. The van der Waals surface area contributed by atoms with E-state index in [0.717, 1.165) is 12.8 Å². The third kappa shape index (κ3) is 4.78. The van der Waals surface area contributed by atoms with E-state index in [2.05, 4.69) is 10.3 Å². The number of aromatic nitrogens is 1. The van der Waals surface area contributed by atoms with Gasteiger partial charge in [-0.3, -0.25) is 14.6 Å². The fourth-order valence-electron chi connectivity index (χ4n) is 3.32. The molecule has 8 heteroatoms. The van der Waals surface area contributed by atoms with Gasteiger partial charge in [-0.2, -0.15) is 5.26 Å². The minimum Gasteiger partial charge on any atom is -0.370 e. The minimum absolute atomic E-state index is 0.0000207. The molecule has 1 aromatic heterocycles. The Morgan fingerprint density at radius 1 is 1.38 bits per heavy atom. The summed E-state index contributed by atoms with van der Waals surface area (Å²) in [5.41, 5.74) is 5.62. The van der Waals surface area contributed by atoms with Gasteiger partial charge in [0.15, 0.2) is 0 Å². The summed E-state index contributed by atoms with van der Waals surface area (Å²) in [4.78, 5) is 28.0. The number of carbonyl (C=O) groups excluding carboxylic acids is 2. The SMILES string of the molecule is C[C@@H](CC(N)=O)N[C@@H](c1ccc(Cl)c(C(=O)c2ccc(C#N)cn2)c1F)C1CC1. The fourth-order valence-corrected chi connectivity index (χ4v) is 3.55. The van der Waals surface area contributed by atoms with Crippen LogP contribution < -0.4 is 11.1 Å². The van der Waals surface area contributed by atoms with Gasteiger partial charge in [-0.25, -0.2) is 4.39 Å². The topological polar surface area (TPSA) is 109 Å². The Balaban J connectivity index is 1.95. The van der Waals surface area contributed by atoms with Crippen LogP contribution >= 0.6 is 11.6 Å². The van der Waals surface area contributed by atoms with Gasteiger partial charge in [0.25, 0.3) is 0 Å². The molecule has 0 spiro atoms. The minimum atomic E-state index is -0.704. The first kappa shape index (κ1) is 20.9. The Labute approximate surface area is 172 Å². The second kappa shape index (κ2) is 8.68. The van der Waals surface area contributed by atoms with Crippen LogP contribution in [0, 0.1) is 23.1 Å². The van der Waals surface area contributed by atoms with Gasteiger partial charge >= 0.3 is 0 Å². The lowest BCUT2D eigenvalue weighted by molar-refractivity contribution is -0.118. The summed E-state index contributed by atoms with van der Waals surface area (Å²) in [6, 6.07) is 7.18. The molecule has 2 atom stereocenters. The highest BCUT2D eigenvalue weighted by Gasteiger charge is 2.36. The van der Waals surface area contributed by atoms with Crippen molar-refractivity contribution in [2.24, 2.45) is 11.7 Å². The Kier molecular flexibility index (Phi) is 6.26. The second-order valence-corrected chi connectivity index (χ2v) is 7.66. The van der Waals surface area contributed by atoms with E-state index < -0.39 is 17.5 Å². The quantitative estimate of drug-likeness (QED) is 0.644. The van der Waals surface area contributed by atoms with Gasteiger partial charge in [-0.15, -0.1) is 0 Å². The van der Waals surface area contributed by atoms with Gasteiger partial charge in [0.05, 0.1) is 16.1 Å². The first-order valence-electron chi connectivity index (χ1n) is 9.25. The Morgan fingerprint density at radius 2 is 2.10 bits per heavy atom. The number of hydrogen-bond donors (Lipinski definition) is 2. The summed E-state index contributed by atoms with van der Waals surface area (Å²) in [5.74, 6) is -1.60. The van der Waals surface area contributed by atoms with Gasteiger partial charge in [-0.05, 0) is 43.9 Å². The number of carbonyl (C=O) groups is 2. The number of nitrogens with two attached hydrogens (primary N) is 1. The number of primary amides is 1. The van der Waals surface area contributed by atoms with Crippen molar-refractivity contribution in [1.29, 1.82) is 5.26 Å².